The number of amides is 4. The van der Waals surface area contributed by atoms with E-state index in [-0.39, 0.29) is 25.0 Å². The summed E-state index contributed by atoms with van der Waals surface area (Å²) in [4.78, 5) is 61.0. The van der Waals surface area contributed by atoms with Crippen molar-refractivity contribution in [2.75, 3.05) is 12.3 Å². The Balaban J connectivity index is 2.85. The smallest absolute Gasteiger partial charge is 0.326 e. The highest BCUT2D eigenvalue weighted by Gasteiger charge is 2.30. The van der Waals surface area contributed by atoms with Crippen molar-refractivity contribution in [3.63, 3.8) is 0 Å². The Kier molecular flexibility index (Phi) is 14.1. The van der Waals surface area contributed by atoms with Crippen molar-refractivity contribution < 1.29 is 29.1 Å². The quantitative estimate of drug-likeness (QED) is 0.0875. The van der Waals surface area contributed by atoms with Gasteiger partial charge in [0, 0.05) is 18.6 Å². The first-order valence-corrected chi connectivity index (χ1v) is 12.2. The average molecular weight is 525 g/mol. The molecule has 0 aliphatic carbocycles. The molecule has 0 bridgehead atoms. The first-order chi connectivity index (χ1) is 17.1. The molecular weight excluding hydrogens is 488 g/mol. The Labute approximate surface area is 215 Å². The van der Waals surface area contributed by atoms with E-state index in [1.54, 1.807) is 30.3 Å². The van der Waals surface area contributed by atoms with E-state index in [1.807, 2.05) is 0 Å². The zero-order chi connectivity index (χ0) is 27.1. The van der Waals surface area contributed by atoms with E-state index in [4.69, 9.17) is 17.2 Å². The minimum absolute atomic E-state index is 0.0362. The Morgan fingerprint density at radius 3 is 2.00 bits per heavy atom. The van der Waals surface area contributed by atoms with Crippen LogP contribution in [-0.4, -0.2) is 71.2 Å². The van der Waals surface area contributed by atoms with E-state index < -0.39 is 53.8 Å². The van der Waals surface area contributed by atoms with Crippen LogP contribution in [0.25, 0.3) is 0 Å². The van der Waals surface area contributed by atoms with Crippen molar-refractivity contribution >= 4 is 42.2 Å². The average Bonchev–Trinajstić information content (AvgIpc) is 2.84. The van der Waals surface area contributed by atoms with Crippen LogP contribution < -0.4 is 33.2 Å². The first kappa shape index (κ1) is 30.9. The van der Waals surface area contributed by atoms with Crippen LogP contribution in [0.2, 0.25) is 0 Å². The largest absolute Gasteiger partial charge is 0.480 e. The molecule has 0 fully saturated rings. The van der Waals surface area contributed by atoms with Crippen LogP contribution in [0.3, 0.4) is 0 Å². The minimum atomic E-state index is -1.24. The van der Waals surface area contributed by atoms with Gasteiger partial charge in [0.2, 0.25) is 23.6 Å². The molecule has 0 saturated carbocycles. The van der Waals surface area contributed by atoms with Gasteiger partial charge < -0.3 is 38.3 Å². The van der Waals surface area contributed by atoms with Crippen molar-refractivity contribution in [1.82, 2.24) is 16.0 Å². The van der Waals surface area contributed by atoms with Gasteiger partial charge in [-0.1, -0.05) is 36.8 Å². The number of hydrogen-bond donors (Lipinski definition) is 8. The van der Waals surface area contributed by atoms with Gasteiger partial charge in [-0.25, -0.2) is 4.79 Å². The molecule has 12 nitrogen and oxygen atoms in total. The SMILES string of the molecule is NCCCCC(N)C(=O)NC(CCC(N)=O)C(=O)NC(CS)C(=O)NC(Cc1ccccc1)C(=O)O. The lowest BCUT2D eigenvalue weighted by Gasteiger charge is -2.24. The molecule has 0 radical (unpaired) electrons. The molecule has 4 unspecified atom stereocenters. The summed E-state index contributed by atoms with van der Waals surface area (Å²) in [6.07, 6.45) is 1.39. The van der Waals surface area contributed by atoms with Gasteiger partial charge in [-0.2, -0.15) is 12.6 Å². The summed E-state index contributed by atoms with van der Waals surface area (Å²) in [7, 11) is 0. The fourth-order valence-corrected chi connectivity index (χ4v) is 3.52. The number of carboxylic acids is 1. The predicted molar refractivity (Wildman–Crippen MR) is 137 cm³/mol. The molecule has 1 aromatic rings. The van der Waals surface area contributed by atoms with Crippen LogP contribution in [0, 0.1) is 0 Å². The van der Waals surface area contributed by atoms with Crippen molar-refractivity contribution in [2.45, 2.75) is 62.7 Å². The van der Waals surface area contributed by atoms with E-state index in [0.717, 1.165) is 0 Å². The Hall–Kier alpha value is -3.16. The zero-order valence-electron chi connectivity index (χ0n) is 20.0. The van der Waals surface area contributed by atoms with Crippen molar-refractivity contribution in [1.29, 1.82) is 0 Å². The van der Waals surface area contributed by atoms with Crippen molar-refractivity contribution in [3.8, 4) is 0 Å². The van der Waals surface area contributed by atoms with Crippen molar-refractivity contribution in [2.24, 2.45) is 17.2 Å². The Morgan fingerprint density at radius 2 is 1.44 bits per heavy atom. The second-order valence-electron chi connectivity index (χ2n) is 8.29. The zero-order valence-corrected chi connectivity index (χ0v) is 20.9. The van der Waals surface area contributed by atoms with Crippen LogP contribution in [0.4, 0.5) is 0 Å². The standard InChI is InChI=1S/C23H36N6O6S/c24-11-5-4-8-15(25)20(31)27-16(9-10-19(26)30)21(32)29-18(13-36)22(33)28-17(23(34)35)12-14-6-2-1-3-7-14/h1-3,6-7,15-18,36H,4-5,8-13,24-25H2,(H2,26,30)(H,27,31)(H,28,33)(H,29,32)(H,34,35). The lowest BCUT2D eigenvalue weighted by molar-refractivity contribution is -0.142. The minimum Gasteiger partial charge on any atom is -0.480 e. The number of carbonyl (C=O) groups excluding carboxylic acids is 4. The second kappa shape index (κ2) is 16.5. The summed E-state index contributed by atoms with van der Waals surface area (Å²) in [5, 5.41) is 16.9. The number of benzene rings is 1. The van der Waals surface area contributed by atoms with Crippen LogP contribution in [0.15, 0.2) is 30.3 Å². The molecular formula is C23H36N6O6S. The molecule has 200 valence electrons. The Morgan fingerprint density at radius 1 is 0.861 bits per heavy atom. The molecule has 0 aliphatic rings. The molecule has 0 aromatic heterocycles. The normalized spacial score (nSPS) is 14.1. The third kappa shape index (κ3) is 11.5. The van der Waals surface area contributed by atoms with E-state index in [0.29, 0.717) is 31.4 Å². The maximum atomic E-state index is 12.9. The summed E-state index contributed by atoms with van der Waals surface area (Å²) in [6, 6.07) is 4.21. The van der Waals surface area contributed by atoms with Crippen LogP contribution in [0.5, 0.6) is 0 Å². The monoisotopic (exact) mass is 524 g/mol. The fraction of sp³-hybridized carbons (Fsp3) is 0.522. The van der Waals surface area contributed by atoms with E-state index in [9.17, 15) is 29.1 Å². The van der Waals surface area contributed by atoms with Crippen molar-refractivity contribution in [3.05, 3.63) is 35.9 Å². The molecule has 1 aromatic carbocycles. The number of rotatable bonds is 17. The molecule has 0 spiro atoms. The molecule has 4 amide bonds. The fourth-order valence-electron chi connectivity index (χ4n) is 3.26. The van der Waals surface area contributed by atoms with Gasteiger partial charge in [0.1, 0.15) is 18.1 Å². The van der Waals surface area contributed by atoms with Gasteiger partial charge in [0.05, 0.1) is 6.04 Å². The topological polar surface area (TPSA) is 220 Å². The molecule has 36 heavy (non-hydrogen) atoms. The molecule has 1 rings (SSSR count). The number of aliphatic carboxylic acids is 1. The van der Waals surface area contributed by atoms with E-state index >= 15 is 0 Å². The highest BCUT2D eigenvalue weighted by Crippen LogP contribution is 2.06. The molecule has 10 N–H and O–H groups in total. The van der Waals surface area contributed by atoms with Crippen LogP contribution >= 0.6 is 12.6 Å². The van der Waals surface area contributed by atoms with Crippen LogP contribution in [-0.2, 0) is 30.4 Å². The van der Waals surface area contributed by atoms with E-state index in [1.165, 1.54) is 0 Å². The number of nitrogens with one attached hydrogen (secondary N) is 3. The second-order valence-corrected chi connectivity index (χ2v) is 8.66. The summed E-state index contributed by atoms with van der Waals surface area (Å²) in [6.45, 7) is 0.458. The highest BCUT2D eigenvalue weighted by molar-refractivity contribution is 7.80. The Bertz CT molecular complexity index is 887. The molecule has 0 aliphatic heterocycles. The van der Waals surface area contributed by atoms with Crippen LogP contribution in [0.1, 0.15) is 37.7 Å². The first-order valence-electron chi connectivity index (χ1n) is 11.6. The maximum absolute atomic E-state index is 12.9. The molecule has 13 heteroatoms. The van der Waals surface area contributed by atoms with Gasteiger partial charge >= 0.3 is 5.97 Å². The summed E-state index contributed by atoms with van der Waals surface area (Å²) in [5.74, 6) is -4.19. The number of unbranched alkanes of at least 4 members (excludes halogenated alkanes) is 1. The van der Waals surface area contributed by atoms with Gasteiger partial charge in [-0.05, 0) is 31.4 Å². The summed E-state index contributed by atoms with van der Waals surface area (Å²) >= 11 is 4.09. The van der Waals surface area contributed by atoms with E-state index in [2.05, 4.69) is 28.6 Å². The van der Waals surface area contributed by atoms with Gasteiger partial charge in [-0.15, -0.1) is 0 Å². The number of carbonyl (C=O) groups is 5. The predicted octanol–water partition coefficient (Wildman–Crippen LogP) is -1.58. The lowest BCUT2D eigenvalue weighted by atomic mass is 10.1. The highest BCUT2D eigenvalue weighted by atomic mass is 32.1. The van der Waals surface area contributed by atoms with Gasteiger partial charge in [0.15, 0.2) is 0 Å². The number of carboxylic acid groups (broad SMARTS) is 1. The summed E-state index contributed by atoms with van der Waals surface area (Å²) < 4.78 is 0. The molecule has 4 atom stereocenters. The lowest BCUT2D eigenvalue weighted by Crippen LogP contribution is -2.58. The van der Waals surface area contributed by atoms with Gasteiger partial charge in [0.25, 0.3) is 0 Å². The molecule has 0 heterocycles. The number of primary amides is 1. The maximum Gasteiger partial charge on any atom is 0.326 e. The van der Waals surface area contributed by atoms with Gasteiger partial charge in [-0.3, -0.25) is 19.2 Å². The third-order valence-corrected chi connectivity index (χ3v) is 5.70. The summed E-state index contributed by atoms with van der Waals surface area (Å²) in [5.41, 5.74) is 17.2. The number of hydrogen-bond acceptors (Lipinski definition) is 8. The number of thiol groups is 1. The molecule has 0 saturated heterocycles. The third-order valence-electron chi connectivity index (χ3n) is 5.33. The number of nitrogens with two attached hydrogens (primary N) is 3.